The molecule has 4 N–H and O–H groups in total. The minimum Gasteiger partial charge on any atom is -0.497 e. The Hall–Kier alpha value is -2.29. The summed E-state index contributed by atoms with van der Waals surface area (Å²) < 4.78 is 35.6. The third-order valence-corrected chi connectivity index (χ3v) is 5.93. The molecule has 0 spiro atoms. The first-order valence-electron chi connectivity index (χ1n) is 8.36. The summed E-state index contributed by atoms with van der Waals surface area (Å²) in [5, 5.41) is 18.8. The monoisotopic (exact) mass is 395 g/mol. The number of hydrogen-bond donors (Lipinski definition) is 3. The lowest BCUT2D eigenvalue weighted by atomic mass is 10.0. The maximum Gasteiger partial charge on any atom is 0.154 e. The summed E-state index contributed by atoms with van der Waals surface area (Å²) in [5.74, 6) is 0.743. The molecule has 2 rings (SSSR count). The second-order valence-corrected chi connectivity index (χ2v) is 8.34. The Labute approximate surface area is 159 Å². The second kappa shape index (κ2) is 9.07. The Balaban J connectivity index is 2.18. The summed E-state index contributed by atoms with van der Waals surface area (Å²) in [4.78, 5) is 0. The first-order valence-corrected chi connectivity index (χ1v) is 10.2. The van der Waals surface area contributed by atoms with E-state index in [1.165, 1.54) is 14.2 Å². The molecule has 0 saturated carbocycles. The molecule has 0 aliphatic heterocycles. The van der Waals surface area contributed by atoms with Gasteiger partial charge in [-0.05, 0) is 29.7 Å². The molecule has 27 heavy (non-hydrogen) atoms. The van der Waals surface area contributed by atoms with Gasteiger partial charge in [-0.2, -0.15) is 0 Å². The lowest BCUT2D eigenvalue weighted by Gasteiger charge is -2.15. The van der Waals surface area contributed by atoms with Crippen LogP contribution in [0.4, 0.5) is 5.69 Å². The van der Waals surface area contributed by atoms with Gasteiger partial charge in [0.05, 0.1) is 38.9 Å². The molecule has 148 valence electrons. The van der Waals surface area contributed by atoms with E-state index in [4.69, 9.17) is 20.3 Å². The second-order valence-electron chi connectivity index (χ2n) is 6.16. The van der Waals surface area contributed by atoms with Crippen LogP contribution in [0.25, 0.3) is 0 Å². The third-order valence-electron chi connectivity index (χ3n) is 4.33. The number of ether oxygens (including phenoxy) is 2. The maximum atomic E-state index is 12.5. The predicted molar refractivity (Wildman–Crippen MR) is 103 cm³/mol. The van der Waals surface area contributed by atoms with E-state index in [9.17, 15) is 13.5 Å². The van der Waals surface area contributed by atoms with Gasteiger partial charge >= 0.3 is 0 Å². The molecule has 7 nitrogen and oxygen atoms in total. The van der Waals surface area contributed by atoms with Crippen molar-refractivity contribution in [2.24, 2.45) is 0 Å². The summed E-state index contributed by atoms with van der Waals surface area (Å²) in [6.45, 7) is -0.442. The lowest BCUT2D eigenvalue weighted by Crippen LogP contribution is -2.13. The molecular weight excluding hydrogens is 370 g/mol. The number of sulfone groups is 1. The van der Waals surface area contributed by atoms with Crippen LogP contribution < -0.4 is 15.2 Å². The van der Waals surface area contributed by atoms with E-state index in [0.29, 0.717) is 39.4 Å². The van der Waals surface area contributed by atoms with Crippen molar-refractivity contribution in [1.82, 2.24) is 0 Å². The Kier molecular flexibility index (Phi) is 7.06. The Morgan fingerprint density at radius 3 is 2.26 bits per heavy atom. The number of hydrogen-bond acceptors (Lipinski definition) is 7. The van der Waals surface area contributed by atoms with Crippen molar-refractivity contribution in [2.45, 2.75) is 25.4 Å². The molecule has 0 heterocycles. The SMILES string of the molecule is COc1cc(CO)c(CCS(=O)(=O)Cc2ccc(CO)c(N)c2)c(OC)c1. The quantitative estimate of drug-likeness (QED) is 0.550. The van der Waals surface area contributed by atoms with E-state index in [2.05, 4.69) is 0 Å². The minimum absolute atomic E-state index is 0.107. The topological polar surface area (TPSA) is 119 Å². The number of aliphatic hydroxyl groups excluding tert-OH is 2. The van der Waals surface area contributed by atoms with E-state index < -0.39 is 9.84 Å². The molecular formula is C19H25NO6S. The van der Waals surface area contributed by atoms with Gasteiger partial charge in [-0.1, -0.05) is 12.1 Å². The number of anilines is 1. The van der Waals surface area contributed by atoms with Crippen molar-refractivity contribution in [3.8, 4) is 11.5 Å². The van der Waals surface area contributed by atoms with Gasteiger partial charge in [0.1, 0.15) is 11.5 Å². The van der Waals surface area contributed by atoms with Crippen molar-refractivity contribution in [1.29, 1.82) is 0 Å². The van der Waals surface area contributed by atoms with Gasteiger partial charge in [0.25, 0.3) is 0 Å². The fourth-order valence-corrected chi connectivity index (χ4v) is 4.21. The standard InChI is InChI=1S/C19H25NO6S/c1-25-16-8-15(11-22)17(19(9-16)26-2)5-6-27(23,24)12-13-3-4-14(10-21)18(20)7-13/h3-4,7-9,21-22H,5-6,10-12,20H2,1-2H3. The average Bonchev–Trinajstić information content (AvgIpc) is 2.65. The maximum absolute atomic E-state index is 12.5. The first kappa shape index (κ1) is 21.0. The zero-order valence-electron chi connectivity index (χ0n) is 15.4. The molecule has 0 radical (unpaired) electrons. The summed E-state index contributed by atoms with van der Waals surface area (Å²) in [6.07, 6.45) is 0.204. The van der Waals surface area contributed by atoms with E-state index in [1.807, 2.05) is 0 Å². The van der Waals surface area contributed by atoms with E-state index in [-0.39, 0.29) is 31.1 Å². The molecule has 0 saturated heterocycles. The zero-order valence-corrected chi connectivity index (χ0v) is 16.3. The van der Waals surface area contributed by atoms with E-state index >= 15 is 0 Å². The van der Waals surface area contributed by atoms with Crippen LogP contribution in [0.3, 0.4) is 0 Å². The average molecular weight is 395 g/mol. The van der Waals surface area contributed by atoms with Crippen LogP contribution in [0.1, 0.15) is 22.3 Å². The molecule has 2 aromatic rings. The van der Waals surface area contributed by atoms with Crippen LogP contribution in [-0.2, 0) is 35.2 Å². The first-order chi connectivity index (χ1) is 12.8. The third kappa shape index (κ3) is 5.35. The molecule has 0 aromatic heterocycles. The molecule has 0 aliphatic rings. The molecule has 0 bridgehead atoms. The summed E-state index contributed by atoms with van der Waals surface area (Å²) in [5.41, 5.74) is 8.50. The number of benzene rings is 2. The van der Waals surface area contributed by atoms with Crippen LogP contribution in [0.15, 0.2) is 30.3 Å². The molecule has 0 fully saturated rings. The van der Waals surface area contributed by atoms with Gasteiger partial charge in [0.2, 0.25) is 0 Å². The number of methoxy groups -OCH3 is 2. The fourth-order valence-electron chi connectivity index (χ4n) is 2.86. The summed E-state index contributed by atoms with van der Waals surface area (Å²) >= 11 is 0. The number of aliphatic hydroxyl groups is 2. The van der Waals surface area contributed by atoms with Crippen molar-refractivity contribution < 1.29 is 28.1 Å². The molecule has 2 aromatic carbocycles. The van der Waals surface area contributed by atoms with Crippen LogP contribution in [0.2, 0.25) is 0 Å². The number of nitrogens with two attached hydrogens (primary N) is 1. The molecule has 0 unspecified atom stereocenters. The van der Waals surface area contributed by atoms with Crippen LogP contribution >= 0.6 is 0 Å². The predicted octanol–water partition coefficient (Wildman–Crippen LogP) is 1.43. The zero-order chi connectivity index (χ0) is 20.0. The molecule has 0 atom stereocenters. The van der Waals surface area contributed by atoms with Crippen LogP contribution in [-0.4, -0.2) is 38.6 Å². The number of rotatable bonds is 9. The van der Waals surface area contributed by atoms with Crippen LogP contribution in [0, 0.1) is 0 Å². The largest absolute Gasteiger partial charge is 0.497 e. The van der Waals surface area contributed by atoms with Gasteiger partial charge in [-0.25, -0.2) is 8.42 Å². The molecule has 8 heteroatoms. The van der Waals surface area contributed by atoms with E-state index in [1.54, 1.807) is 30.3 Å². The summed E-state index contributed by atoms with van der Waals surface area (Å²) in [6, 6.07) is 8.16. The highest BCUT2D eigenvalue weighted by atomic mass is 32.2. The molecule has 0 aliphatic carbocycles. The highest BCUT2D eigenvalue weighted by Gasteiger charge is 2.18. The van der Waals surface area contributed by atoms with Gasteiger partial charge in [-0.3, -0.25) is 0 Å². The summed E-state index contributed by atoms with van der Waals surface area (Å²) in [7, 11) is -0.428. The van der Waals surface area contributed by atoms with E-state index in [0.717, 1.165) is 0 Å². The van der Waals surface area contributed by atoms with Crippen LogP contribution in [0.5, 0.6) is 11.5 Å². The normalized spacial score (nSPS) is 11.4. The number of nitrogen functional groups attached to an aromatic ring is 1. The van der Waals surface area contributed by atoms with Gasteiger partial charge < -0.3 is 25.4 Å². The van der Waals surface area contributed by atoms with Crippen molar-refractivity contribution in [3.63, 3.8) is 0 Å². The highest BCUT2D eigenvalue weighted by Crippen LogP contribution is 2.30. The minimum atomic E-state index is -3.42. The highest BCUT2D eigenvalue weighted by molar-refractivity contribution is 7.90. The van der Waals surface area contributed by atoms with Crippen molar-refractivity contribution >= 4 is 15.5 Å². The van der Waals surface area contributed by atoms with Gasteiger partial charge in [-0.15, -0.1) is 0 Å². The molecule has 0 amide bonds. The Morgan fingerprint density at radius 2 is 1.70 bits per heavy atom. The Bertz CT molecular complexity index is 870. The Morgan fingerprint density at radius 1 is 1.00 bits per heavy atom. The smallest absolute Gasteiger partial charge is 0.154 e. The lowest BCUT2D eigenvalue weighted by molar-refractivity contribution is 0.278. The van der Waals surface area contributed by atoms with Gasteiger partial charge in [0, 0.05) is 22.9 Å². The fraction of sp³-hybridized carbons (Fsp3) is 0.368. The van der Waals surface area contributed by atoms with Gasteiger partial charge in [0.15, 0.2) is 9.84 Å². The van der Waals surface area contributed by atoms with Crippen molar-refractivity contribution in [3.05, 3.63) is 52.6 Å². The van der Waals surface area contributed by atoms with Crippen molar-refractivity contribution in [2.75, 3.05) is 25.7 Å².